The van der Waals surface area contributed by atoms with Gasteiger partial charge in [-0.2, -0.15) is 0 Å². The monoisotopic (exact) mass is 470 g/mol. The summed E-state index contributed by atoms with van der Waals surface area (Å²) in [6.07, 6.45) is 2.31. The maximum Gasteiger partial charge on any atom is 0.224 e. The summed E-state index contributed by atoms with van der Waals surface area (Å²) in [5, 5.41) is 16.2. The highest BCUT2D eigenvalue weighted by Gasteiger charge is 2.16. The topological polar surface area (TPSA) is 75.1 Å². The number of rotatable bonds is 10. The molecule has 182 valence electrons. The van der Waals surface area contributed by atoms with E-state index in [1.807, 2.05) is 77.5 Å². The van der Waals surface area contributed by atoms with E-state index in [1.165, 1.54) is 0 Å². The summed E-state index contributed by atoms with van der Waals surface area (Å²) in [6, 6.07) is 22.7. The van der Waals surface area contributed by atoms with Crippen LogP contribution in [-0.4, -0.2) is 50.7 Å². The SMILES string of the molecule is CC(C)N(CCNC(=O)Cc1cn(-c2ccc(Nc3ccccc3)nn2)c2ccccc12)C(C)C. The third kappa shape index (κ3) is 6.05. The van der Waals surface area contributed by atoms with Gasteiger partial charge in [-0.1, -0.05) is 36.4 Å². The van der Waals surface area contributed by atoms with E-state index in [0.717, 1.165) is 28.7 Å². The van der Waals surface area contributed by atoms with Crippen LogP contribution in [0.15, 0.2) is 72.9 Å². The normalized spacial score (nSPS) is 11.5. The lowest BCUT2D eigenvalue weighted by molar-refractivity contribution is -0.120. The molecule has 7 heteroatoms. The van der Waals surface area contributed by atoms with Gasteiger partial charge >= 0.3 is 0 Å². The van der Waals surface area contributed by atoms with Crippen molar-refractivity contribution in [2.45, 2.75) is 46.2 Å². The molecule has 0 spiro atoms. The molecule has 0 radical (unpaired) electrons. The van der Waals surface area contributed by atoms with E-state index in [1.54, 1.807) is 0 Å². The van der Waals surface area contributed by atoms with Gasteiger partial charge in [-0.25, -0.2) is 0 Å². The number of aromatic nitrogens is 3. The maximum absolute atomic E-state index is 12.8. The lowest BCUT2D eigenvalue weighted by atomic mass is 10.1. The summed E-state index contributed by atoms with van der Waals surface area (Å²) in [6.45, 7) is 10.2. The van der Waals surface area contributed by atoms with Gasteiger partial charge in [0.25, 0.3) is 0 Å². The fraction of sp³-hybridized carbons (Fsp3) is 0.321. The maximum atomic E-state index is 12.8. The van der Waals surface area contributed by atoms with Crippen LogP contribution in [0.5, 0.6) is 0 Å². The number of para-hydroxylation sites is 2. The first-order valence-electron chi connectivity index (χ1n) is 12.2. The summed E-state index contributed by atoms with van der Waals surface area (Å²) in [4.78, 5) is 15.1. The Morgan fingerprint density at radius 2 is 1.63 bits per heavy atom. The zero-order valence-corrected chi connectivity index (χ0v) is 20.9. The Kier molecular flexibility index (Phi) is 7.77. The highest BCUT2D eigenvalue weighted by Crippen LogP contribution is 2.25. The predicted octanol–water partition coefficient (Wildman–Crippen LogP) is 4.94. The number of carbonyl (C=O) groups excluding carboxylic acids is 1. The lowest BCUT2D eigenvalue weighted by Crippen LogP contribution is -2.42. The van der Waals surface area contributed by atoms with E-state index >= 15 is 0 Å². The van der Waals surface area contributed by atoms with Crippen LogP contribution in [0.3, 0.4) is 0 Å². The van der Waals surface area contributed by atoms with Crippen molar-refractivity contribution in [3.05, 3.63) is 78.5 Å². The van der Waals surface area contributed by atoms with Crippen molar-refractivity contribution in [3.63, 3.8) is 0 Å². The molecule has 35 heavy (non-hydrogen) atoms. The minimum absolute atomic E-state index is 0.0221. The van der Waals surface area contributed by atoms with Gasteiger partial charge in [0, 0.05) is 42.4 Å². The number of anilines is 2. The highest BCUT2D eigenvalue weighted by atomic mass is 16.1. The first kappa shape index (κ1) is 24.4. The first-order valence-corrected chi connectivity index (χ1v) is 12.2. The van der Waals surface area contributed by atoms with Gasteiger partial charge in [-0.3, -0.25) is 14.3 Å². The molecule has 0 saturated carbocycles. The number of nitrogens with one attached hydrogen (secondary N) is 2. The molecule has 0 saturated heterocycles. The molecule has 0 fully saturated rings. The van der Waals surface area contributed by atoms with Gasteiger partial charge in [0.15, 0.2) is 11.6 Å². The lowest BCUT2D eigenvalue weighted by Gasteiger charge is -2.30. The van der Waals surface area contributed by atoms with Crippen LogP contribution in [0.1, 0.15) is 33.3 Å². The van der Waals surface area contributed by atoms with E-state index in [4.69, 9.17) is 0 Å². The zero-order chi connectivity index (χ0) is 24.8. The molecule has 0 unspecified atom stereocenters. The van der Waals surface area contributed by atoms with E-state index in [0.29, 0.717) is 36.7 Å². The number of hydrogen-bond donors (Lipinski definition) is 2. The van der Waals surface area contributed by atoms with Crippen LogP contribution >= 0.6 is 0 Å². The summed E-state index contributed by atoms with van der Waals surface area (Å²) < 4.78 is 2.00. The molecule has 4 rings (SSSR count). The number of amides is 1. The van der Waals surface area contributed by atoms with E-state index < -0.39 is 0 Å². The van der Waals surface area contributed by atoms with Crippen molar-refractivity contribution in [1.82, 2.24) is 25.0 Å². The number of fused-ring (bicyclic) bond motifs is 1. The van der Waals surface area contributed by atoms with E-state index in [2.05, 4.69) is 53.4 Å². The van der Waals surface area contributed by atoms with Crippen LogP contribution in [0.2, 0.25) is 0 Å². The highest BCUT2D eigenvalue weighted by molar-refractivity contribution is 5.90. The minimum atomic E-state index is 0.0221. The molecule has 2 heterocycles. The average Bonchev–Trinajstić information content (AvgIpc) is 3.21. The van der Waals surface area contributed by atoms with Crippen LogP contribution in [0.4, 0.5) is 11.5 Å². The third-order valence-corrected chi connectivity index (χ3v) is 6.11. The molecule has 2 N–H and O–H groups in total. The number of nitrogens with zero attached hydrogens (tertiary/aromatic N) is 4. The Morgan fingerprint density at radius 3 is 2.31 bits per heavy atom. The van der Waals surface area contributed by atoms with Gasteiger partial charge in [-0.15, -0.1) is 10.2 Å². The smallest absolute Gasteiger partial charge is 0.224 e. The summed E-state index contributed by atoms with van der Waals surface area (Å²) >= 11 is 0. The largest absolute Gasteiger partial charge is 0.355 e. The van der Waals surface area contributed by atoms with Crippen LogP contribution in [-0.2, 0) is 11.2 Å². The number of benzene rings is 2. The Morgan fingerprint density at radius 1 is 0.914 bits per heavy atom. The Bertz CT molecular complexity index is 1240. The van der Waals surface area contributed by atoms with Crippen molar-refractivity contribution in [2.24, 2.45) is 0 Å². The van der Waals surface area contributed by atoms with Gasteiger partial charge in [0.05, 0.1) is 11.9 Å². The van der Waals surface area contributed by atoms with Crippen molar-refractivity contribution >= 4 is 28.3 Å². The average molecular weight is 471 g/mol. The molecule has 4 aromatic rings. The summed E-state index contributed by atoms with van der Waals surface area (Å²) in [5.74, 6) is 1.40. The zero-order valence-electron chi connectivity index (χ0n) is 20.9. The second-order valence-corrected chi connectivity index (χ2v) is 9.26. The molecular weight excluding hydrogens is 436 g/mol. The Balaban J connectivity index is 1.47. The molecule has 7 nitrogen and oxygen atoms in total. The standard InChI is InChI=1S/C28H34N6O/c1-20(2)33(21(3)4)17-16-29-28(35)18-22-19-34(25-13-9-8-12-24(22)25)27-15-14-26(31-32-27)30-23-10-6-5-7-11-23/h5-15,19-21H,16-18H2,1-4H3,(H,29,35)(H,30,31). The quantitative estimate of drug-likeness (QED) is 0.343. The second-order valence-electron chi connectivity index (χ2n) is 9.26. The molecule has 0 aliphatic carbocycles. The fourth-order valence-electron chi connectivity index (χ4n) is 4.44. The minimum Gasteiger partial charge on any atom is -0.355 e. The molecule has 0 atom stereocenters. The van der Waals surface area contributed by atoms with Crippen molar-refractivity contribution in [1.29, 1.82) is 0 Å². The molecule has 0 aliphatic rings. The van der Waals surface area contributed by atoms with Crippen LogP contribution in [0, 0.1) is 0 Å². The number of carbonyl (C=O) groups is 1. The molecule has 2 aromatic carbocycles. The van der Waals surface area contributed by atoms with Crippen LogP contribution in [0.25, 0.3) is 16.7 Å². The van der Waals surface area contributed by atoms with Crippen molar-refractivity contribution < 1.29 is 4.79 Å². The summed E-state index contributed by atoms with van der Waals surface area (Å²) in [7, 11) is 0. The first-order chi connectivity index (χ1) is 16.9. The summed E-state index contributed by atoms with van der Waals surface area (Å²) in [5.41, 5.74) is 2.93. The molecule has 0 aliphatic heterocycles. The van der Waals surface area contributed by atoms with E-state index in [-0.39, 0.29) is 5.91 Å². The molecule has 0 bridgehead atoms. The fourth-order valence-corrected chi connectivity index (χ4v) is 4.44. The molecular formula is C28H34N6O. The Labute approximate surface area is 207 Å². The van der Waals surface area contributed by atoms with Gasteiger partial charge in [0.2, 0.25) is 5.91 Å². The van der Waals surface area contributed by atoms with Crippen molar-refractivity contribution in [3.8, 4) is 5.82 Å². The van der Waals surface area contributed by atoms with Gasteiger partial charge < -0.3 is 10.6 Å². The predicted molar refractivity (Wildman–Crippen MR) is 142 cm³/mol. The molecule has 2 aromatic heterocycles. The van der Waals surface area contributed by atoms with Gasteiger partial charge in [-0.05, 0) is 63.6 Å². The van der Waals surface area contributed by atoms with Crippen molar-refractivity contribution in [2.75, 3.05) is 18.4 Å². The third-order valence-electron chi connectivity index (χ3n) is 6.11. The molecule has 1 amide bonds. The van der Waals surface area contributed by atoms with E-state index in [9.17, 15) is 4.79 Å². The van der Waals surface area contributed by atoms with Crippen LogP contribution < -0.4 is 10.6 Å². The second kappa shape index (κ2) is 11.1. The Hall–Kier alpha value is -3.71. The van der Waals surface area contributed by atoms with Gasteiger partial charge in [0.1, 0.15) is 0 Å². The number of hydrogen-bond acceptors (Lipinski definition) is 5.